The van der Waals surface area contributed by atoms with Gasteiger partial charge in [0.05, 0.1) is 0 Å². The second-order valence-corrected chi connectivity index (χ2v) is 4.63. The zero-order valence-corrected chi connectivity index (χ0v) is 8.86. The van der Waals surface area contributed by atoms with Crippen molar-refractivity contribution in [1.29, 1.82) is 0 Å². The minimum atomic E-state index is 0.363. The van der Waals surface area contributed by atoms with E-state index in [-0.39, 0.29) is 0 Å². The maximum absolute atomic E-state index is 5.97. The van der Waals surface area contributed by atoms with Crippen LogP contribution in [0.2, 0.25) is 0 Å². The smallest absolute Gasteiger partial charge is 0.0285 e. The van der Waals surface area contributed by atoms with Crippen molar-refractivity contribution in [3.8, 4) is 0 Å². The number of piperidine rings is 2. The Hall–Kier alpha value is -0.160. The summed E-state index contributed by atoms with van der Waals surface area (Å²) in [5.41, 5.74) is 11.9. The van der Waals surface area contributed by atoms with Crippen LogP contribution in [0.15, 0.2) is 0 Å². The van der Waals surface area contributed by atoms with E-state index in [4.69, 9.17) is 11.5 Å². The summed E-state index contributed by atoms with van der Waals surface area (Å²) in [6.07, 6.45) is 4.81. The predicted molar refractivity (Wildman–Crippen MR) is 57.6 cm³/mol. The Balaban J connectivity index is 1.86. The van der Waals surface area contributed by atoms with Crippen LogP contribution in [-0.2, 0) is 0 Å². The van der Waals surface area contributed by atoms with Gasteiger partial charge < -0.3 is 11.5 Å². The molecule has 4 heteroatoms. The van der Waals surface area contributed by atoms with Crippen LogP contribution in [0.3, 0.4) is 0 Å². The lowest BCUT2D eigenvalue weighted by Gasteiger charge is -2.42. The van der Waals surface area contributed by atoms with Gasteiger partial charge in [-0.1, -0.05) is 0 Å². The summed E-state index contributed by atoms with van der Waals surface area (Å²) in [6, 6.07) is 0.726. The van der Waals surface area contributed by atoms with Crippen LogP contribution in [0.4, 0.5) is 0 Å². The fraction of sp³-hybridized carbons (Fsp3) is 1.00. The van der Waals surface area contributed by atoms with Gasteiger partial charge in [0.2, 0.25) is 0 Å². The largest absolute Gasteiger partial charge is 0.326 e. The van der Waals surface area contributed by atoms with Gasteiger partial charge in [0.15, 0.2) is 0 Å². The second kappa shape index (κ2) is 4.57. The number of rotatable bonds is 1. The Kier molecular flexibility index (Phi) is 3.38. The molecule has 0 radical (unpaired) electrons. The van der Waals surface area contributed by atoms with Gasteiger partial charge in [-0.25, -0.2) is 10.0 Å². The molecule has 2 heterocycles. The first-order chi connectivity index (χ1) is 6.75. The van der Waals surface area contributed by atoms with E-state index in [0.717, 1.165) is 13.1 Å². The van der Waals surface area contributed by atoms with Crippen molar-refractivity contribution >= 4 is 0 Å². The summed E-state index contributed by atoms with van der Waals surface area (Å²) in [5.74, 6) is 0. The van der Waals surface area contributed by atoms with E-state index in [1.165, 1.54) is 38.8 Å². The summed E-state index contributed by atoms with van der Waals surface area (Å²) >= 11 is 0. The zero-order valence-electron chi connectivity index (χ0n) is 8.86. The Morgan fingerprint density at radius 1 is 0.786 bits per heavy atom. The van der Waals surface area contributed by atoms with Crippen molar-refractivity contribution in [1.82, 2.24) is 10.0 Å². The number of nitrogens with zero attached hydrogens (tertiary/aromatic N) is 2. The fourth-order valence-corrected chi connectivity index (χ4v) is 2.49. The molecule has 4 N–H and O–H groups in total. The summed E-state index contributed by atoms with van der Waals surface area (Å²) < 4.78 is 0. The highest BCUT2D eigenvalue weighted by atomic mass is 15.6. The Labute approximate surface area is 86.2 Å². The molecule has 1 unspecified atom stereocenters. The SMILES string of the molecule is NC1CCCN(N2CCC[C@@H](N)C2)C1. The molecular formula is C10H22N4. The van der Waals surface area contributed by atoms with Crippen LogP contribution in [0.25, 0.3) is 0 Å². The molecule has 0 spiro atoms. The quantitative estimate of drug-likeness (QED) is 0.610. The summed E-state index contributed by atoms with van der Waals surface area (Å²) in [6.45, 7) is 4.38. The van der Waals surface area contributed by atoms with Gasteiger partial charge in [0.25, 0.3) is 0 Å². The summed E-state index contributed by atoms with van der Waals surface area (Å²) in [4.78, 5) is 0. The molecule has 0 aromatic heterocycles. The standard InChI is InChI=1S/C10H22N4/c11-9-3-1-5-13(7-9)14-6-2-4-10(12)8-14/h9-10H,1-8,11-12H2/t9-,10?/m1/s1. The maximum Gasteiger partial charge on any atom is 0.0285 e. The van der Waals surface area contributed by atoms with Crippen LogP contribution in [-0.4, -0.2) is 48.3 Å². The first-order valence-electron chi connectivity index (χ1n) is 5.76. The molecule has 2 fully saturated rings. The van der Waals surface area contributed by atoms with Gasteiger partial charge in [-0.15, -0.1) is 0 Å². The molecule has 4 nitrogen and oxygen atoms in total. The highest BCUT2D eigenvalue weighted by molar-refractivity contribution is 4.78. The highest BCUT2D eigenvalue weighted by Crippen LogP contribution is 2.15. The lowest BCUT2D eigenvalue weighted by atomic mass is 10.1. The van der Waals surface area contributed by atoms with Gasteiger partial charge in [0, 0.05) is 38.3 Å². The van der Waals surface area contributed by atoms with Crippen LogP contribution in [0, 0.1) is 0 Å². The number of nitrogens with two attached hydrogens (primary N) is 2. The lowest BCUT2D eigenvalue weighted by molar-refractivity contribution is -0.0608. The average Bonchev–Trinajstić information content (AvgIpc) is 2.18. The predicted octanol–water partition coefficient (Wildman–Crippen LogP) is -0.252. The maximum atomic E-state index is 5.97. The zero-order chi connectivity index (χ0) is 9.97. The van der Waals surface area contributed by atoms with Gasteiger partial charge in [-0.05, 0) is 25.7 Å². The fourth-order valence-electron chi connectivity index (χ4n) is 2.49. The van der Waals surface area contributed by atoms with Crippen molar-refractivity contribution in [2.45, 2.75) is 37.8 Å². The van der Waals surface area contributed by atoms with Crippen LogP contribution in [0.5, 0.6) is 0 Å². The molecular weight excluding hydrogens is 176 g/mol. The molecule has 0 aromatic rings. The molecule has 14 heavy (non-hydrogen) atoms. The molecule has 0 aliphatic carbocycles. The minimum Gasteiger partial charge on any atom is -0.326 e. The van der Waals surface area contributed by atoms with E-state index < -0.39 is 0 Å². The third-order valence-corrected chi connectivity index (χ3v) is 3.27. The lowest BCUT2D eigenvalue weighted by Crippen LogP contribution is -2.56. The molecule has 82 valence electrons. The van der Waals surface area contributed by atoms with Gasteiger partial charge in [0.1, 0.15) is 0 Å². The Morgan fingerprint density at radius 2 is 1.21 bits per heavy atom. The van der Waals surface area contributed by atoms with Crippen LogP contribution >= 0.6 is 0 Å². The molecule has 0 bridgehead atoms. The van der Waals surface area contributed by atoms with Crippen LogP contribution < -0.4 is 11.5 Å². The first-order valence-corrected chi connectivity index (χ1v) is 5.76. The minimum absolute atomic E-state index is 0.363. The van der Waals surface area contributed by atoms with E-state index in [1.54, 1.807) is 0 Å². The molecule has 2 rings (SSSR count). The van der Waals surface area contributed by atoms with Crippen LogP contribution in [0.1, 0.15) is 25.7 Å². The third kappa shape index (κ3) is 2.45. The van der Waals surface area contributed by atoms with Crippen molar-refractivity contribution in [3.63, 3.8) is 0 Å². The molecule has 2 aliphatic rings. The molecule has 0 aromatic carbocycles. The molecule has 0 saturated carbocycles. The van der Waals surface area contributed by atoms with E-state index in [1.807, 2.05) is 0 Å². The highest BCUT2D eigenvalue weighted by Gasteiger charge is 2.25. The Bertz CT molecular complexity index is 165. The topological polar surface area (TPSA) is 58.5 Å². The normalized spacial score (nSPS) is 37.3. The Morgan fingerprint density at radius 3 is 1.57 bits per heavy atom. The van der Waals surface area contributed by atoms with E-state index >= 15 is 0 Å². The van der Waals surface area contributed by atoms with Gasteiger partial charge in [-0.3, -0.25) is 0 Å². The number of hydrogen-bond donors (Lipinski definition) is 2. The average molecular weight is 198 g/mol. The van der Waals surface area contributed by atoms with E-state index in [2.05, 4.69) is 10.0 Å². The second-order valence-electron chi connectivity index (χ2n) is 4.63. The molecule has 2 atom stereocenters. The number of hydrazine groups is 1. The monoisotopic (exact) mass is 198 g/mol. The summed E-state index contributed by atoms with van der Waals surface area (Å²) in [7, 11) is 0. The third-order valence-electron chi connectivity index (χ3n) is 3.27. The van der Waals surface area contributed by atoms with Gasteiger partial charge >= 0.3 is 0 Å². The number of hydrogen-bond acceptors (Lipinski definition) is 4. The van der Waals surface area contributed by atoms with Crippen molar-refractivity contribution in [2.24, 2.45) is 11.5 Å². The van der Waals surface area contributed by atoms with Crippen molar-refractivity contribution in [3.05, 3.63) is 0 Å². The summed E-state index contributed by atoms with van der Waals surface area (Å²) in [5, 5.41) is 4.82. The molecule has 2 aliphatic heterocycles. The molecule has 2 saturated heterocycles. The van der Waals surface area contributed by atoms with Crippen molar-refractivity contribution < 1.29 is 0 Å². The van der Waals surface area contributed by atoms with E-state index in [9.17, 15) is 0 Å². The first kappa shape index (κ1) is 10.4. The van der Waals surface area contributed by atoms with Crippen molar-refractivity contribution in [2.75, 3.05) is 26.2 Å². The molecule has 0 amide bonds. The van der Waals surface area contributed by atoms with Gasteiger partial charge in [-0.2, -0.15) is 0 Å². The van der Waals surface area contributed by atoms with E-state index in [0.29, 0.717) is 12.1 Å².